The van der Waals surface area contributed by atoms with Crippen LogP contribution in [0.5, 0.6) is 0 Å². The number of anilines is 1. The first-order valence-corrected chi connectivity index (χ1v) is 8.39. The second-order valence-corrected chi connectivity index (χ2v) is 6.52. The van der Waals surface area contributed by atoms with E-state index in [0.717, 1.165) is 11.1 Å². The highest BCUT2D eigenvalue weighted by Crippen LogP contribution is 2.23. The van der Waals surface area contributed by atoms with Crippen molar-refractivity contribution in [2.75, 3.05) is 19.8 Å². The molecule has 0 saturated carbocycles. The minimum absolute atomic E-state index is 0.0366. The molecule has 2 amide bonds. The molecule has 0 radical (unpaired) electrons. The number of benzene rings is 2. The smallest absolute Gasteiger partial charge is 0.246 e. The number of nitrogen functional groups attached to an aromatic ring is 1. The molecule has 1 saturated heterocycles. The van der Waals surface area contributed by atoms with Crippen LogP contribution < -0.4 is 5.73 Å². The predicted molar refractivity (Wildman–Crippen MR) is 97.8 cm³/mol. The molecule has 2 aromatic rings. The van der Waals surface area contributed by atoms with Gasteiger partial charge < -0.3 is 15.5 Å². The fourth-order valence-electron chi connectivity index (χ4n) is 3.32. The van der Waals surface area contributed by atoms with Crippen LogP contribution in [-0.4, -0.2) is 47.8 Å². The number of likely N-dealkylation sites (N-methyl/N-ethyl adjacent to an activating group) is 2. The van der Waals surface area contributed by atoms with Gasteiger partial charge in [-0.3, -0.25) is 9.59 Å². The first-order valence-electron chi connectivity index (χ1n) is 8.39. The number of nitrogens with zero attached hydrogens (tertiary/aromatic N) is 2. The Morgan fingerprint density at radius 1 is 0.800 bits per heavy atom. The molecule has 0 bridgehead atoms. The molecule has 5 nitrogen and oxygen atoms in total. The second kappa shape index (κ2) is 6.97. The van der Waals surface area contributed by atoms with Crippen LogP contribution in [0.4, 0.5) is 5.69 Å². The van der Waals surface area contributed by atoms with E-state index in [1.54, 1.807) is 23.9 Å². The van der Waals surface area contributed by atoms with Gasteiger partial charge in [-0.05, 0) is 17.2 Å². The van der Waals surface area contributed by atoms with Crippen LogP contribution in [0.3, 0.4) is 0 Å². The second-order valence-electron chi connectivity index (χ2n) is 6.52. The number of carbonyl (C=O) groups is 2. The minimum atomic E-state index is -0.519. The van der Waals surface area contributed by atoms with E-state index in [0.29, 0.717) is 18.5 Å². The average Bonchev–Trinajstić information content (AvgIpc) is 2.63. The summed E-state index contributed by atoms with van der Waals surface area (Å²) in [6, 6.07) is 16.2. The van der Waals surface area contributed by atoms with E-state index in [4.69, 9.17) is 5.73 Å². The minimum Gasteiger partial charge on any atom is -0.399 e. The van der Waals surface area contributed by atoms with Crippen molar-refractivity contribution in [1.29, 1.82) is 0 Å². The Labute approximate surface area is 148 Å². The molecule has 1 fully saturated rings. The van der Waals surface area contributed by atoms with Crippen LogP contribution in [0.25, 0.3) is 0 Å². The molecule has 2 aromatic carbocycles. The van der Waals surface area contributed by atoms with Crippen molar-refractivity contribution in [3.63, 3.8) is 0 Å². The summed E-state index contributed by atoms with van der Waals surface area (Å²) in [5.74, 6) is -0.0864. The molecule has 1 unspecified atom stereocenters. The summed E-state index contributed by atoms with van der Waals surface area (Å²) in [5.41, 5.74) is 8.57. The molecule has 1 aliphatic rings. The third-order valence-electron chi connectivity index (χ3n) is 4.94. The van der Waals surface area contributed by atoms with Gasteiger partial charge in [0, 0.05) is 32.6 Å². The maximum absolute atomic E-state index is 12.9. The van der Waals surface area contributed by atoms with E-state index >= 15 is 0 Å². The van der Waals surface area contributed by atoms with Gasteiger partial charge in [0.05, 0.1) is 0 Å². The zero-order valence-corrected chi connectivity index (χ0v) is 14.6. The highest BCUT2D eigenvalue weighted by atomic mass is 16.2. The maximum Gasteiger partial charge on any atom is 0.246 e. The molecule has 2 N–H and O–H groups in total. The van der Waals surface area contributed by atoms with Crippen molar-refractivity contribution < 1.29 is 9.59 Å². The van der Waals surface area contributed by atoms with Crippen LogP contribution in [0.15, 0.2) is 54.6 Å². The molecule has 3 rings (SSSR count). The van der Waals surface area contributed by atoms with Crippen molar-refractivity contribution >= 4 is 17.5 Å². The van der Waals surface area contributed by atoms with Crippen molar-refractivity contribution in [3.05, 3.63) is 65.7 Å². The molecule has 0 spiro atoms. The number of nitrogens with two attached hydrogens (primary N) is 1. The third kappa shape index (κ3) is 3.36. The zero-order chi connectivity index (χ0) is 18.0. The molecule has 0 aliphatic carbocycles. The average molecular weight is 337 g/mol. The van der Waals surface area contributed by atoms with Crippen LogP contribution in [0, 0.1) is 0 Å². The van der Waals surface area contributed by atoms with Crippen LogP contribution in [0.2, 0.25) is 0 Å². The largest absolute Gasteiger partial charge is 0.399 e. The van der Waals surface area contributed by atoms with E-state index in [1.165, 1.54) is 0 Å². The molecule has 25 heavy (non-hydrogen) atoms. The van der Waals surface area contributed by atoms with Crippen LogP contribution >= 0.6 is 0 Å². The van der Waals surface area contributed by atoms with Crippen LogP contribution in [0.1, 0.15) is 11.1 Å². The standard InChI is InChI=1S/C20H23N3O2/c1-22-17(12-14-8-4-3-5-9-14)19(24)23(2)18(20(22)25)13-15-10-6-7-11-16(15)21/h3-11,17-18H,12-13,21H2,1-2H3/t17-,18?/m0/s1. The van der Waals surface area contributed by atoms with Gasteiger partial charge in [-0.1, -0.05) is 48.5 Å². The predicted octanol–water partition coefficient (Wildman–Crippen LogP) is 1.72. The molecule has 2 atom stereocenters. The fraction of sp³-hybridized carbons (Fsp3) is 0.300. The van der Waals surface area contributed by atoms with Gasteiger partial charge in [-0.25, -0.2) is 0 Å². The first kappa shape index (κ1) is 17.0. The highest BCUT2D eigenvalue weighted by Gasteiger charge is 2.42. The summed E-state index contributed by atoms with van der Waals surface area (Å²) in [5, 5.41) is 0. The van der Waals surface area contributed by atoms with Crippen molar-refractivity contribution in [2.45, 2.75) is 24.9 Å². The van der Waals surface area contributed by atoms with Gasteiger partial charge in [0.2, 0.25) is 11.8 Å². The van der Waals surface area contributed by atoms with E-state index < -0.39 is 12.1 Å². The first-order chi connectivity index (χ1) is 12.0. The van der Waals surface area contributed by atoms with Gasteiger partial charge in [-0.2, -0.15) is 0 Å². The Kier molecular flexibility index (Phi) is 4.74. The molecular weight excluding hydrogens is 314 g/mol. The Hall–Kier alpha value is -2.82. The molecule has 5 heteroatoms. The Bertz CT molecular complexity index is 776. The summed E-state index contributed by atoms with van der Waals surface area (Å²) in [6.07, 6.45) is 0.947. The van der Waals surface area contributed by atoms with Crippen molar-refractivity contribution in [1.82, 2.24) is 9.80 Å². The van der Waals surface area contributed by atoms with Crippen molar-refractivity contribution in [3.8, 4) is 0 Å². The Morgan fingerprint density at radius 3 is 1.92 bits per heavy atom. The number of rotatable bonds is 4. The summed E-state index contributed by atoms with van der Waals surface area (Å²) in [6.45, 7) is 0. The number of carbonyl (C=O) groups excluding carboxylic acids is 2. The molecule has 1 aliphatic heterocycles. The van der Waals surface area contributed by atoms with E-state index in [-0.39, 0.29) is 11.8 Å². The van der Waals surface area contributed by atoms with Crippen molar-refractivity contribution in [2.24, 2.45) is 0 Å². The SMILES string of the molecule is CN1C(=O)[C@H](Cc2ccccc2)N(C)C(=O)C1Cc1ccccc1N. The van der Waals surface area contributed by atoms with Gasteiger partial charge in [-0.15, -0.1) is 0 Å². The van der Waals surface area contributed by atoms with Gasteiger partial charge in [0.25, 0.3) is 0 Å². The lowest BCUT2D eigenvalue weighted by molar-refractivity contribution is -0.158. The number of hydrogen-bond acceptors (Lipinski definition) is 3. The van der Waals surface area contributed by atoms with E-state index in [9.17, 15) is 9.59 Å². The van der Waals surface area contributed by atoms with E-state index in [1.807, 2.05) is 54.6 Å². The monoisotopic (exact) mass is 337 g/mol. The lowest BCUT2D eigenvalue weighted by atomic mass is 9.95. The summed E-state index contributed by atoms with van der Waals surface area (Å²) < 4.78 is 0. The highest BCUT2D eigenvalue weighted by molar-refractivity contribution is 5.97. The number of para-hydroxylation sites is 1. The topological polar surface area (TPSA) is 66.6 Å². The molecular formula is C20H23N3O2. The number of hydrogen-bond donors (Lipinski definition) is 1. The van der Waals surface area contributed by atoms with Gasteiger partial charge in [0.1, 0.15) is 12.1 Å². The Balaban J connectivity index is 1.81. The third-order valence-corrected chi connectivity index (χ3v) is 4.94. The quantitative estimate of drug-likeness (QED) is 0.864. The lowest BCUT2D eigenvalue weighted by Gasteiger charge is -2.42. The maximum atomic E-state index is 12.9. The van der Waals surface area contributed by atoms with Gasteiger partial charge >= 0.3 is 0 Å². The molecule has 0 aromatic heterocycles. The molecule has 1 heterocycles. The lowest BCUT2D eigenvalue weighted by Crippen LogP contribution is -2.63. The van der Waals surface area contributed by atoms with Gasteiger partial charge in [0.15, 0.2) is 0 Å². The summed E-state index contributed by atoms with van der Waals surface area (Å²) in [4.78, 5) is 28.9. The number of piperazine rings is 1. The number of amides is 2. The van der Waals surface area contributed by atoms with E-state index in [2.05, 4.69) is 0 Å². The zero-order valence-electron chi connectivity index (χ0n) is 14.6. The summed E-state index contributed by atoms with van der Waals surface area (Å²) >= 11 is 0. The molecule has 130 valence electrons. The van der Waals surface area contributed by atoms with Crippen LogP contribution in [-0.2, 0) is 22.4 Å². The summed E-state index contributed by atoms with van der Waals surface area (Å²) in [7, 11) is 3.41. The fourth-order valence-corrected chi connectivity index (χ4v) is 3.32. The Morgan fingerprint density at radius 2 is 1.32 bits per heavy atom. The normalized spacial score (nSPS) is 20.9.